The van der Waals surface area contributed by atoms with Crippen LogP contribution in [-0.4, -0.2) is 16.5 Å². The highest BCUT2D eigenvalue weighted by molar-refractivity contribution is 5.90. The molecule has 0 atom stereocenters. The van der Waals surface area contributed by atoms with Gasteiger partial charge in [0.1, 0.15) is 11.8 Å². The number of nitrogens with zero attached hydrogens (tertiary/aromatic N) is 2. The molecule has 0 aliphatic carbocycles. The highest BCUT2D eigenvalue weighted by Gasteiger charge is 2.09. The molecule has 3 aromatic rings. The Kier molecular flexibility index (Phi) is 3.25. The number of rotatable bonds is 4. The molecule has 96 valence electrons. The predicted molar refractivity (Wildman–Crippen MR) is 74.6 cm³/mol. The maximum atomic E-state index is 5.53. The van der Waals surface area contributed by atoms with Gasteiger partial charge in [-0.3, -0.25) is 9.97 Å². The van der Waals surface area contributed by atoms with E-state index < -0.39 is 0 Å². The number of nitrogens with two attached hydrogens (primary N) is 1. The van der Waals surface area contributed by atoms with Crippen molar-refractivity contribution < 1.29 is 4.42 Å². The monoisotopic (exact) mass is 253 g/mol. The average molecular weight is 253 g/mol. The van der Waals surface area contributed by atoms with E-state index in [2.05, 4.69) is 16.0 Å². The van der Waals surface area contributed by atoms with Crippen molar-refractivity contribution in [3.05, 3.63) is 48.6 Å². The number of fused-ring (bicyclic) bond motifs is 1. The van der Waals surface area contributed by atoms with Crippen molar-refractivity contribution in [3.8, 4) is 11.1 Å². The first-order valence-electron chi connectivity index (χ1n) is 6.36. The maximum Gasteiger partial charge on any atom is 0.152 e. The molecule has 0 aromatic carbocycles. The Morgan fingerprint density at radius 2 is 2.11 bits per heavy atom. The van der Waals surface area contributed by atoms with E-state index in [4.69, 9.17) is 10.2 Å². The second-order valence-corrected chi connectivity index (χ2v) is 4.43. The number of hydrogen-bond donors (Lipinski definition) is 1. The smallest absolute Gasteiger partial charge is 0.152 e. The number of hydrogen-bond acceptors (Lipinski definition) is 4. The van der Waals surface area contributed by atoms with Crippen LogP contribution in [0.5, 0.6) is 0 Å². The molecule has 0 fully saturated rings. The Morgan fingerprint density at radius 1 is 1.16 bits per heavy atom. The molecule has 0 aliphatic heterocycles. The molecular formula is C15H15N3O. The van der Waals surface area contributed by atoms with E-state index in [0.717, 1.165) is 40.8 Å². The third-order valence-corrected chi connectivity index (χ3v) is 3.09. The van der Waals surface area contributed by atoms with E-state index in [9.17, 15) is 0 Å². The summed E-state index contributed by atoms with van der Waals surface area (Å²) in [5.41, 5.74) is 10.4. The van der Waals surface area contributed by atoms with Gasteiger partial charge in [0.2, 0.25) is 0 Å². The van der Waals surface area contributed by atoms with E-state index in [1.165, 1.54) is 0 Å². The molecule has 2 N–H and O–H groups in total. The van der Waals surface area contributed by atoms with Crippen molar-refractivity contribution in [2.75, 3.05) is 6.54 Å². The maximum absolute atomic E-state index is 5.53. The Balaban J connectivity index is 2.01. The van der Waals surface area contributed by atoms with Gasteiger partial charge in [0.05, 0.1) is 0 Å². The van der Waals surface area contributed by atoms with Gasteiger partial charge in [0.15, 0.2) is 5.58 Å². The molecule has 3 aromatic heterocycles. The molecule has 0 saturated heterocycles. The van der Waals surface area contributed by atoms with Gasteiger partial charge >= 0.3 is 0 Å². The van der Waals surface area contributed by atoms with Gasteiger partial charge in [0.25, 0.3) is 0 Å². The van der Waals surface area contributed by atoms with E-state index in [1.54, 1.807) is 12.5 Å². The summed E-state index contributed by atoms with van der Waals surface area (Å²) in [6.07, 6.45) is 7.19. The Hall–Kier alpha value is -2.20. The van der Waals surface area contributed by atoms with Crippen LogP contribution in [0.25, 0.3) is 22.2 Å². The van der Waals surface area contributed by atoms with Crippen LogP contribution in [0, 0.1) is 0 Å². The third kappa shape index (κ3) is 2.35. The molecule has 0 amide bonds. The minimum atomic E-state index is 0.683. The summed E-state index contributed by atoms with van der Waals surface area (Å²) >= 11 is 0. The number of aryl methyl sites for hydroxylation is 1. The summed E-state index contributed by atoms with van der Waals surface area (Å²) in [4.78, 5) is 8.74. The van der Waals surface area contributed by atoms with Gasteiger partial charge < -0.3 is 10.2 Å². The lowest BCUT2D eigenvalue weighted by molar-refractivity contribution is 0.616. The standard InChI is InChI=1S/C15H15N3O/c16-6-1-3-12-9-11(5-8-17-12)13-10-19-14-4-2-7-18-15(13)14/h2,4-5,7-10H,1,3,6,16H2. The molecule has 0 bridgehead atoms. The van der Waals surface area contributed by atoms with Crippen molar-refractivity contribution in [1.29, 1.82) is 0 Å². The van der Waals surface area contributed by atoms with E-state index in [1.807, 2.05) is 24.4 Å². The van der Waals surface area contributed by atoms with Crippen molar-refractivity contribution in [1.82, 2.24) is 9.97 Å². The lowest BCUT2D eigenvalue weighted by Gasteiger charge is -2.02. The molecule has 0 aliphatic rings. The number of pyridine rings is 2. The lowest BCUT2D eigenvalue weighted by Crippen LogP contribution is -2.01. The highest BCUT2D eigenvalue weighted by Crippen LogP contribution is 2.28. The summed E-state index contributed by atoms with van der Waals surface area (Å²) in [5.74, 6) is 0. The first kappa shape index (κ1) is 11.9. The predicted octanol–water partition coefficient (Wildman–Crippen LogP) is 2.78. The molecule has 3 rings (SSSR count). The summed E-state index contributed by atoms with van der Waals surface area (Å²) in [7, 11) is 0. The fraction of sp³-hybridized carbons (Fsp3) is 0.200. The second-order valence-electron chi connectivity index (χ2n) is 4.43. The first-order chi connectivity index (χ1) is 9.38. The quantitative estimate of drug-likeness (QED) is 0.776. The topological polar surface area (TPSA) is 64.9 Å². The van der Waals surface area contributed by atoms with Crippen molar-refractivity contribution in [2.24, 2.45) is 5.73 Å². The Labute approximate surface area is 111 Å². The van der Waals surface area contributed by atoms with Crippen molar-refractivity contribution in [3.63, 3.8) is 0 Å². The van der Waals surface area contributed by atoms with Gasteiger partial charge in [-0.25, -0.2) is 0 Å². The van der Waals surface area contributed by atoms with Gasteiger partial charge in [-0.15, -0.1) is 0 Å². The zero-order chi connectivity index (χ0) is 13.1. The highest BCUT2D eigenvalue weighted by atomic mass is 16.3. The number of aromatic nitrogens is 2. The summed E-state index contributed by atoms with van der Waals surface area (Å²) < 4.78 is 5.52. The lowest BCUT2D eigenvalue weighted by atomic mass is 10.1. The SMILES string of the molecule is NCCCc1cc(-c2coc3cccnc23)ccn1. The zero-order valence-corrected chi connectivity index (χ0v) is 10.5. The molecule has 0 saturated carbocycles. The minimum absolute atomic E-state index is 0.683. The van der Waals surface area contributed by atoms with Crippen LogP contribution >= 0.6 is 0 Å². The van der Waals surface area contributed by atoms with Gasteiger partial charge in [-0.1, -0.05) is 0 Å². The van der Waals surface area contributed by atoms with Crippen molar-refractivity contribution in [2.45, 2.75) is 12.8 Å². The number of furan rings is 1. The normalized spacial score (nSPS) is 11.0. The average Bonchev–Trinajstić information content (AvgIpc) is 2.89. The van der Waals surface area contributed by atoms with Gasteiger partial charge in [0, 0.05) is 23.7 Å². The van der Waals surface area contributed by atoms with E-state index >= 15 is 0 Å². The van der Waals surface area contributed by atoms with Crippen LogP contribution in [0.1, 0.15) is 12.1 Å². The second kappa shape index (κ2) is 5.20. The minimum Gasteiger partial charge on any atom is -0.462 e. The van der Waals surface area contributed by atoms with Crippen LogP contribution in [0.15, 0.2) is 47.3 Å². The molecule has 0 spiro atoms. The molecular weight excluding hydrogens is 238 g/mol. The zero-order valence-electron chi connectivity index (χ0n) is 10.5. The fourth-order valence-corrected chi connectivity index (χ4v) is 2.14. The molecule has 3 heterocycles. The fourth-order valence-electron chi connectivity index (χ4n) is 2.14. The van der Waals surface area contributed by atoms with Crippen LogP contribution in [0.4, 0.5) is 0 Å². The van der Waals surface area contributed by atoms with E-state index in [0.29, 0.717) is 6.54 Å². The van der Waals surface area contributed by atoms with E-state index in [-0.39, 0.29) is 0 Å². The summed E-state index contributed by atoms with van der Waals surface area (Å²) in [6, 6.07) is 7.84. The van der Waals surface area contributed by atoms with Crippen LogP contribution < -0.4 is 5.73 Å². The molecule has 4 nitrogen and oxygen atoms in total. The first-order valence-corrected chi connectivity index (χ1v) is 6.36. The van der Waals surface area contributed by atoms with Gasteiger partial charge in [-0.2, -0.15) is 0 Å². The summed E-state index contributed by atoms with van der Waals surface area (Å²) in [6.45, 7) is 0.683. The largest absolute Gasteiger partial charge is 0.462 e. The van der Waals surface area contributed by atoms with Crippen molar-refractivity contribution >= 4 is 11.1 Å². The molecule has 19 heavy (non-hydrogen) atoms. The Morgan fingerprint density at radius 3 is 3.00 bits per heavy atom. The Bertz CT molecular complexity index is 690. The van der Waals surface area contributed by atoms with Crippen LogP contribution in [0.3, 0.4) is 0 Å². The molecule has 4 heteroatoms. The van der Waals surface area contributed by atoms with Crippen LogP contribution in [0.2, 0.25) is 0 Å². The van der Waals surface area contributed by atoms with Crippen LogP contribution in [-0.2, 0) is 6.42 Å². The summed E-state index contributed by atoms with van der Waals surface area (Å²) in [5, 5.41) is 0. The molecule has 0 radical (unpaired) electrons. The van der Waals surface area contributed by atoms with Gasteiger partial charge in [-0.05, 0) is 49.2 Å². The third-order valence-electron chi connectivity index (χ3n) is 3.09. The molecule has 0 unspecified atom stereocenters.